The van der Waals surface area contributed by atoms with Crippen LogP contribution in [0.25, 0.3) is 11.1 Å². The second kappa shape index (κ2) is 11.2. The van der Waals surface area contributed by atoms with E-state index in [1.807, 2.05) is 6.07 Å². The molecule has 0 saturated carbocycles. The van der Waals surface area contributed by atoms with E-state index in [1.165, 1.54) is 10.9 Å². The fraction of sp³-hybridized carbons (Fsp3) is 0.346. The minimum Gasteiger partial charge on any atom is -0.504 e. The van der Waals surface area contributed by atoms with E-state index >= 15 is 8.78 Å². The molecule has 0 radical (unpaired) electrons. The number of nitrogens with two attached hydrogens (primary N) is 1. The lowest BCUT2D eigenvalue weighted by atomic mass is 9.85. The van der Waals surface area contributed by atoms with Gasteiger partial charge in [0, 0.05) is 43.5 Å². The highest BCUT2D eigenvalue weighted by molar-refractivity contribution is 6.00. The highest BCUT2D eigenvalue weighted by atomic mass is 19.1. The number of aromatic nitrogens is 2. The second-order valence-electron chi connectivity index (χ2n) is 9.20. The lowest BCUT2D eigenvalue weighted by Gasteiger charge is -2.44. The van der Waals surface area contributed by atoms with Gasteiger partial charge in [0.2, 0.25) is 0 Å². The van der Waals surface area contributed by atoms with Crippen molar-refractivity contribution in [1.29, 1.82) is 0 Å². The molecule has 3 aromatic rings. The first-order valence-electron chi connectivity index (χ1n) is 12.0. The topological polar surface area (TPSA) is 135 Å². The molecule has 2 atom stereocenters. The number of nitrogens with zero attached hydrogens (tertiary/aromatic N) is 3. The molecule has 202 valence electrons. The number of phenols is 1. The van der Waals surface area contributed by atoms with Gasteiger partial charge in [-0.05, 0) is 19.0 Å². The molecule has 5 N–H and O–H groups in total. The number of hydrogen-bond acceptors (Lipinski definition) is 7. The number of likely N-dealkylation sites (N-methyl/N-ethyl adjacent to an activating group) is 1. The minimum absolute atomic E-state index is 0.0617. The first-order chi connectivity index (χ1) is 18.2. The van der Waals surface area contributed by atoms with Crippen molar-refractivity contribution < 1.29 is 28.2 Å². The van der Waals surface area contributed by atoms with Crippen molar-refractivity contribution in [2.24, 2.45) is 5.73 Å². The molecule has 2 aromatic carbocycles. The number of piperidine rings is 1. The lowest BCUT2D eigenvalue weighted by molar-refractivity contribution is 0.00527. The van der Waals surface area contributed by atoms with Crippen molar-refractivity contribution in [3.63, 3.8) is 0 Å². The number of benzene rings is 2. The zero-order valence-electron chi connectivity index (χ0n) is 21.1. The van der Waals surface area contributed by atoms with E-state index < -0.39 is 35.3 Å². The molecule has 4 rings (SSSR count). The molecule has 12 heteroatoms. The van der Waals surface area contributed by atoms with Gasteiger partial charge in [-0.1, -0.05) is 42.5 Å². The van der Waals surface area contributed by atoms with Crippen molar-refractivity contribution in [1.82, 2.24) is 20.0 Å². The number of alkyl halides is 1. The molecule has 1 saturated heterocycles. The highest BCUT2D eigenvalue weighted by Crippen LogP contribution is 2.36. The van der Waals surface area contributed by atoms with Crippen LogP contribution in [0.3, 0.4) is 0 Å². The van der Waals surface area contributed by atoms with Crippen molar-refractivity contribution in [2.45, 2.75) is 24.7 Å². The van der Waals surface area contributed by atoms with Gasteiger partial charge < -0.3 is 20.9 Å². The SMILES string of the molecule is CNCC1(n2cc(C(N)=O)c(NC(=O)OC)n2)CCN(Cc2ccc(-c3ccccc3)c(O)c2F)CC1F. The van der Waals surface area contributed by atoms with Crippen molar-refractivity contribution in [3.8, 4) is 16.9 Å². The number of amides is 2. The van der Waals surface area contributed by atoms with Crippen molar-refractivity contribution in [3.05, 3.63) is 65.6 Å². The summed E-state index contributed by atoms with van der Waals surface area (Å²) in [6.07, 6.45) is -0.777. The number of anilines is 1. The Morgan fingerprint density at radius 1 is 1.26 bits per heavy atom. The standard InChI is InChI=1S/C26H30F2N6O4/c1-30-15-26(34-13-19(23(29)36)24(32-34)31-25(37)38-2)10-11-33(14-20(26)27)12-17-8-9-18(22(35)21(17)28)16-6-4-3-5-7-16/h3-9,13,20,30,35H,10-12,14-15H2,1-2H3,(H2,29,36)(H,31,32,37). The number of carbonyl (C=O) groups excluding carboxylic acids is 2. The summed E-state index contributed by atoms with van der Waals surface area (Å²) in [6.45, 7) is 0.563. The maximum absolute atomic E-state index is 16.0. The maximum atomic E-state index is 16.0. The Bertz CT molecular complexity index is 1320. The van der Waals surface area contributed by atoms with Crippen LogP contribution in [0.2, 0.25) is 0 Å². The molecule has 1 fully saturated rings. The average molecular weight is 529 g/mol. The number of nitrogens with one attached hydrogen (secondary N) is 2. The van der Waals surface area contributed by atoms with Crippen LogP contribution >= 0.6 is 0 Å². The van der Waals surface area contributed by atoms with Crippen LogP contribution < -0.4 is 16.4 Å². The Morgan fingerprint density at radius 3 is 2.63 bits per heavy atom. The number of likely N-dealkylation sites (tertiary alicyclic amines) is 1. The van der Waals surface area contributed by atoms with Crippen LogP contribution in [0.15, 0.2) is 48.7 Å². The van der Waals surface area contributed by atoms with Gasteiger partial charge in [0.05, 0.1) is 7.11 Å². The summed E-state index contributed by atoms with van der Waals surface area (Å²) in [4.78, 5) is 25.4. The van der Waals surface area contributed by atoms with Gasteiger partial charge in [-0.2, -0.15) is 5.10 Å². The Kier molecular flexibility index (Phi) is 7.93. The van der Waals surface area contributed by atoms with Crippen molar-refractivity contribution in [2.75, 3.05) is 39.1 Å². The van der Waals surface area contributed by atoms with Crippen LogP contribution in [0, 0.1) is 5.82 Å². The molecule has 2 heterocycles. The Balaban J connectivity index is 1.56. The van der Waals surface area contributed by atoms with Crippen LogP contribution in [-0.2, 0) is 16.8 Å². The van der Waals surface area contributed by atoms with Gasteiger partial charge in [-0.15, -0.1) is 0 Å². The Hall–Kier alpha value is -4.03. The molecule has 1 aromatic heterocycles. The van der Waals surface area contributed by atoms with Crippen LogP contribution in [-0.4, -0.2) is 71.8 Å². The first kappa shape index (κ1) is 27.0. The van der Waals surface area contributed by atoms with E-state index in [0.717, 1.165) is 7.11 Å². The number of halogens is 2. The molecule has 0 spiro atoms. The fourth-order valence-electron chi connectivity index (χ4n) is 4.83. The summed E-state index contributed by atoms with van der Waals surface area (Å²) in [5.74, 6) is -2.17. The number of ether oxygens (including phenoxy) is 1. The third kappa shape index (κ3) is 5.18. The number of phenolic OH excluding ortho intramolecular Hbond substituents is 1. The van der Waals surface area contributed by atoms with Crippen LogP contribution in [0.1, 0.15) is 22.3 Å². The zero-order valence-corrected chi connectivity index (χ0v) is 21.1. The molecule has 2 amide bonds. The summed E-state index contributed by atoms with van der Waals surface area (Å²) in [5.41, 5.74) is 5.47. The molecule has 1 aliphatic heterocycles. The van der Waals surface area contributed by atoms with E-state index in [4.69, 9.17) is 5.73 Å². The lowest BCUT2D eigenvalue weighted by Crippen LogP contribution is -2.58. The quantitative estimate of drug-likeness (QED) is 0.353. The van der Waals surface area contributed by atoms with Crippen LogP contribution in [0.5, 0.6) is 5.75 Å². The van der Waals surface area contributed by atoms with Gasteiger partial charge in [0.1, 0.15) is 17.3 Å². The summed E-state index contributed by atoms with van der Waals surface area (Å²) in [7, 11) is 2.82. The third-order valence-corrected chi connectivity index (χ3v) is 6.86. The van der Waals surface area contributed by atoms with Crippen LogP contribution in [0.4, 0.5) is 19.4 Å². The number of primary amides is 1. The first-order valence-corrected chi connectivity index (χ1v) is 12.0. The third-order valence-electron chi connectivity index (χ3n) is 6.86. The average Bonchev–Trinajstić information content (AvgIpc) is 3.33. The second-order valence-corrected chi connectivity index (χ2v) is 9.20. The maximum Gasteiger partial charge on any atom is 0.412 e. The minimum atomic E-state index is -1.49. The fourth-order valence-corrected chi connectivity index (χ4v) is 4.83. The summed E-state index contributed by atoms with van der Waals surface area (Å²) >= 11 is 0. The monoisotopic (exact) mass is 528 g/mol. The molecular formula is C26H30F2N6O4. The molecule has 10 nitrogen and oxygen atoms in total. The Morgan fingerprint density at radius 2 is 2.00 bits per heavy atom. The summed E-state index contributed by atoms with van der Waals surface area (Å²) in [6, 6.07) is 12.2. The van der Waals surface area contributed by atoms with E-state index in [2.05, 4.69) is 20.5 Å². The normalized spacial score (nSPS) is 19.7. The zero-order chi connectivity index (χ0) is 27.4. The summed E-state index contributed by atoms with van der Waals surface area (Å²) < 4.78 is 36.9. The van der Waals surface area contributed by atoms with Crippen molar-refractivity contribution >= 4 is 17.8 Å². The van der Waals surface area contributed by atoms with E-state index in [0.29, 0.717) is 17.7 Å². The number of hydrogen-bond donors (Lipinski definition) is 4. The molecule has 0 bridgehead atoms. The molecule has 1 aliphatic rings. The van der Waals surface area contributed by atoms with Gasteiger partial charge in [0.25, 0.3) is 5.91 Å². The van der Waals surface area contributed by atoms with E-state index in [9.17, 15) is 14.7 Å². The Labute approximate surface area is 218 Å². The van der Waals surface area contributed by atoms with Gasteiger partial charge >= 0.3 is 6.09 Å². The molecule has 0 aliphatic carbocycles. The molecule has 38 heavy (non-hydrogen) atoms. The smallest absolute Gasteiger partial charge is 0.412 e. The van der Waals surface area contributed by atoms with Gasteiger partial charge in [-0.25, -0.2) is 13.6 Å². The largest absolute Gasteiger partial charge is 0.504 e. The number of aromatic hydroxyl groups is 1. The summed E-state index contributed by atoms with van der Waals surface area (Å²) in [5, 5.41) is 20.1. The molecule has 2 unspecified atom stereocenters. The molecular weight excluding hydrogens is 498 g/mol. The van der Waals surface area contributed by atoms with E-state index in [-0.39, 0.29) is 43.0 Å². The highest BCUT2D eigenvalue weighted by Gasteiger charge is 2.46. The number of methoxy groups -OCH3 is 1. The van der Waals surface area contributed by atoms with E-state index in [1.54, 1.807) is 48.3 Å². The van der Waals surface area contributed by atoms with Gasteiger partial charge in [-0.3, -0.25) is 19.7 Å². The number of rotatable bonds is 8. The van der Waals surface area contributed by atoms with Gasteiger partial charge in [0.15, 0.2) is 17.4 Å². The predicted octanol–water partition coefficient (Wildman–Crippen LogP) is 2.83. The number of carbonyl (C=O) groups is 2. The predicted molar refractivity (Wildman–Crippen MR) is 137 cm³/mol.